The molecule has 1 fully saturated rings. The van der Waals surface area contributed by atoms with Crippen LogP contribution < -0.4 is 4.74 Å². The number of hydrogen-bond donors (Lipinski definition) is 0. The molecule has 0 saturated carbocycles. The number of fused-ring (bicyclic) bond motifs is 1. The molecule has 2 aliphatic rings. The second kappa shape index (κ2) is 8.71. The molecule has 30 heavy (non-hydrogen) atoms. The van der Waals surface area contributed by atoms with E-state index in [1.165, 1.54) is 0 Å². The Morgan fingerprint density at radius 2 is 1.83 bits per heavy atom. The third kappa shape index (κ3) is 4.24. The Labute approximate surface area is 179 Å². The average Bonchev–Trinajstić information content (AvgIpc) is 2.95. The SMILES string of the molecule is O=C(OC1CCCCN(C(=O)c2ccc(Cl)cc2)C1=O)C1=Cc2ccccc2OC1. The lowest BCUT2D eigenvalue weighted by molar-refractivity contribution is -0.155. The number of rotatable bonds is 3. The van der Waals surface area contributed by atoms with Crippen molar-refractivity contribution in [3.8, 4) is 5.75 Å². The lowest BCUT2D eigenvalue weighted by atomic mass is 10.1. The number of hydrogen-bond acceptors (Lipinski definition) is 5. The van der Waals surface area contributed by atoms with E-state index >= 15 is 0 Å². The molecule has 0 bridgehead atoms. The Morgan fingerprint density at radius 1 is 1.07 bits per heavy atom. The molecule has 4 rings (SSSR count). The van der Waals surface area contributed by atoms with Crippen LogP contribution >= 0.6 is 11.6 Å². The lowest BCUT2D eigenvalue weighted by Crippen LogP contribution is -2.44. The van der Waals surface area contributed by atoms with Gasteiger partial charge < -0.3 is 9.47 Å². The molecule has 0 aliphatic carbocycles. The molecule has 2 amide bonds. The minimum Gasteiger partial charge on any atom is -0.488 e. The van der Waals surface area contributed by atoms with E-state index in [-0.39, 0.29) is 13.2 Å². The molecule has 7 heteroatoms. The second-order valence-corrected chi connectivity index (χ2v) is 7.62. The van der Waals surface area contributed by atoms with Gasteiger partial charge in [0.25, 0.3) is 11.8 Å². The van der Waals surface area contributed by atoms with Gasteiger partial charge in [-0.3, -0.25) is 14.5 Å². The van der Waals surface area contributed by atoms with Gasteiger partial charge in [-0.05, 0) is 55.7 Å². The zero-order chi connectivity index (χ0) is 21.1. The summed E-state index contributed by atoms with van der Waals surface area (Å²) >= 11 is 5.88. The number of likely N-dealkylation sites (tertiary alicyclic amines) is 1. The van der Waals surface area contributed by atoms with Gasteiger partial charge in [-0.15, -0.1) is 0 Å². The standard InChI is InChI=1S/C23H20ClNO5/c24-18-10-8-15(9-11-18)21(26)25-12-4-3-7-20(22(25)27)30-23(28)17-13-16-5-1-2-6-19(16)29-14-17/h1-2,5-6,8-11,13,20H,3-4,7,12,14H2. The van der Waals surface area contributed by atoms with Gasteiger partial charge in [-0.25, -0.2) is 4.79 Å². The molecule has 2 heterocycles. The van der Waals surface area contributed by atoms with Crippen molar-refractivity contribution in [3.05, 3.63) is 70.3 Å². The molecule has 0 radical (unpaired) electrons. The first-order valence-electron chi connectivity index (χ1n) is 9.77. The van der Waals surface area contributed by atoms with Crippen molar-refractivity contribution in [3.63, 3.8) is 0 Å². The molecule has 2 aromatic rings. The molecule has 0 spiro atoms. The highest BCUT2D eigenvalue weighted by Crippen LogP contribution is 2.27. The number of nitrogens with zero attached hydrogens (tertiary/aromatic N) is 1. The Balaban J connectivity index is 1.49. The molecular weight excluding hydrogens is 406 g/mol. The fraction of sp³-hybridized carbons (Fsp3) is 0.261. The summed E-state index contributed by atoms with van der Waals surface area (Å²) in [6, 6.07) is 13.7. The van der Waals surface area contributed by atoms with Crippen LogP contribution in [-0.4, -0.2) is 41.9 Å². The molecule has 2 aliphatic heterocycles. The predicted octanol–water partition coefficient (Wildman–Crippen LogP) is 3.88. The van der Waals surface area contributed by atoms with Gasteiger partial charge in [0.05, 0.1) is 5.57 Å². The highest BCUT2D eigenvalue weighted by molar-refractivity contribution is 6.30. The van der Waals surface area contributed by atoms with Crippen molar-refractivity contribution in [2.75, 3.05) is 13.2 Å². The zero-order valence-electron chi connectivity index (χ0n) is 16.2. The average molecular weight is 426 g/mol. The second-order valence-electron chi connectivity index (χ2n) is 7.19. The fourth-order valence-corrected chi connectivity index (χ4v) is 3.63. The van der Waals surface area contributed by atoms with Gasteiger partial charge in [-0.2, -0.15) is 0 Å². The van der Waals surface area contributed by atoms with Gasteiger partial charge in [-0.1, -0.05) is 29.8 Å². The summed E-state index contributed by atoms with van der Waals surface area (Å²) in [7, 11) is 0. The maximum Gasteiger partial charge on any atom is 0.338 e. The first-order valence-corrected chi connectivity index (χ1v) is 10.2. The predicted molar refractivity (Wildman–Crippen MR) is 111 cm³/mol. The summed E-state index contributed by atoms with van der Waals surface area (Å²) in [6.45, 7) is 0.359. The molecule has 154 valence electrons. The molecule has 0 N–H and O–H groups in total. The quantitative estimate of drug-likeness (QED) is 0.551. The first kappa shape index (κ1) is 20.2. The summed E-state index contributed by atoms with van der Waals surface area (Å²) in [4.78, 5) is 39.7. The van der Waals surface area contributed by atoms with E-state index in [1.54, 1.807) is 30.3 Å². The maximum atomic E-state index is 13.0. The van der Waals surface area contributed by atoms with Gasteiger partial charge in [0, 0.05) is 22.7 Å². The summed E-state index contributed by atoms with van der Waals surface area (Å²) < 4.78 is 11.1. The summed E-state index contributed by atoms with van der Waals surface area (Å²) in [5, 5.41) is 0.505. The maximum absolute atomic E-state index is 13.0. The van der Waals surface area contributed by atoms with Crippen molar-refractivity contribution >= 4 is 35.5 Å². The Morgan fingerprint density at radius 3 is 2.63 bits per heavy atom. The minimum absolute atomic E-state index is 0.0736. The fourth-order valence-electron chi connectivity index (χ4n) is 3.51. The minimum atomic E-state index is -1.01. The third-order valence-electron chi connectivity index (χ3n) is 5.12. The van der Waals surface area contributed by atoms with Gasteiger partial charge >= 0.3 is 5.97 Å². The van der Waals surface area contributed by atoms with Crippen LogP contribution in [0.2, 0.25) is 5.02 Å². The largest absolute Gasteiger partial charge is 0.488 e. The Kier molecular flexibility index (Phi) is 5.86. The molecule has 1 unspecified atom stereocenters. The summed E-state index contributed by atoms with van der Waals surface area (Å²) in [5.41, 5.74) is 1.48. The lowest BCUT2D eigenvalue weighted by Gasteiger charge is -2.24. The molecule has 0 aromatic heterocycles. The van der Waals surface area contributed by atoms with Crippen molar-refractivity contribution in [2.24, 2.45) is 0 Å². The normalized spacial score (nSPS) is 18.6. The Bertz CT molecular complexity index is 1010. The van der Waals surface area contributed by atoms with E-state index in [2.05, 4.69) is 0 Å². The van der Waals surface area contributed by atoms with Crippen LogP contribution in [0.4, 0.5) is 0 Å². The number of imide groups is 1. The van der Waals surface area contributed by atoms with E-state index in [4.69, 9.17) is 21.1 Å². The van der Waals surface area contributed by atoms with Crippen LogP contribution in [0.15, 0.2) is 54.1 Å². The summed E-state index contributed by atoms with van der Waals surface area (Å²) in [6.07, 6.45) is 2.40. The number of para-hydroxylation sites is 1. The zero-order valence-corrected chi connectivity index (χ0v) is 16.9. The van der Waals surface area contributed by atoms with Crippen molar-refractivity contribution in [1.82, 2.24) is 4.90 Å². The van der Waals surface area contributed by atoms with E-state index in [9.17, 15) is 14.4 Å². The monoisotopic (exact) mass is 425 g/mol. The topological polar surface area (TPSA) is 72.9 Å². The third-order valence-corrected chi connectivity index (χ3v) is 5.37. The smallest absolute Gasteiger partial charge is 0.338 e. The number of benzene rings is 2. The number of ether oxygens (including phenoxy) is 2. The van der Waals surface area contributed by atoms with Gasteiger partial charge in [0.15, 0.2) is 6.10 Å². The van der Waals surface area contributed by atoms with Gasteiger partial charge in [0.1, 0.15) is 12.4 Å². The first-order chi connectivity index (χ1) is 14.5. The van der Waals surface area contributed by atoms with Crippen LogP contribution in [0.5, 0.6) is 5.75 Å². The molecule has 1 atom stereocenters. The van der Waals surface area contributed by atoms with Crippen LogP contribution in [0.25, 0.3) is 6.08 Å². The number of halogens is 1. The highest BCUT2D eigenvalue weighted by Gasteiger charge is 2.35. The van der Waals surface area contributed by atoms with E-state index in [1.807, 2.05) is 24.3 Å². The molecule has 1 saturated heterocycles. The van der Waals surface area contributed by atoms with Gasteiger partial charge in [0.2, 0.25) is 0 Å². The van der Waals surface area contributed by atoms with Crippen LogP contribution in [0, 0.1) is 0 Å². The molecular formula is C23H20ClNO5. The van der Waals surface area contributed by atoms with Crippen LogP contribution in [0.1, 0.15) is 35.2 Å². The van der Waals surface area contributed by atoms with Crippen LogP contribution in [0.3, 0.4) is 0 Å². The van der Waals surface area contributed by atoms with Crippen molar-refractivity contribution < 1.29 is 23.9 Å². The van der Waals surface area contributed by atoms with E-state index in [0.29, 0.717) is 41.2 Å². The number of amides is 2. The number of esters is 1. The highest BCUT2D eigenvalue weighted by atomic mass is 35.5. The van der Waals surface area contributed by atoms with E-state index in [0.717, 1.165) is 10.5 Å². The summed E-state index contributed by atoms with van der Waals surface area (Å²) in [5.74, 6) is -0.838. The molecule has 6 nitrogen and oxygen atoms in total. The number of carbonyl (C=O) groups is 3. The van der Waals surface area contributed by atoms with Crippen molar-refractivity contribution in [1.29, 1.82) is 0 Å². The van der Waals surface area contributed by atoms with E-state index < -0.39 is 23.9 Å². The molecule has 2 aromatic carbocycles. The van der Waals surface area contributed by atoms with Crippen LogP contribution in [-0.2, 0) is 14.3 Å². The Hall–Kier alpha value is -3.12. The number of carbonyl (C=O) groups excluding carboxylic acids is 3. The van der Waals surface area contributed by atoms with Crippen molar-refractivity contribution in [2.45, 2.75) is 25.4 Å².